The van der Waals surface area contributed by atoms with Gasteiger partial charge in [0.05, 0.1) is 6.04 Å². The molecule has 1 aromatic carbocycles. The molecule has 0 fully saturated rings. The second-order valence-corrected chi connectivity index (χ2v) is 4.10. The molecule has 17 heavy (non-hydrogen) atoms. The molecule has 1 N–H and O–H groups in total. The molecule has 0 saturated carbocycles. The third-order valence-electron chi connectivity index (χ3n) is 3.03. The lowest BCUT2D eigenvalue weighted by atomic mass is 9.99. The minimum atomic E-state index is 0.217. The van der Waals surface area contributed by atoms with Crippen molar-refractivity contribution in [2.45, 2.75) is 19.4 Å². The van der Waals surface area contributed by atoms with Gasteiger partial charge in [0.1, 0.15) is 0 Å². The van der Waals surface area contributed by atoms with Crippen LogP contribution in [0.3, 0.4) is 0 Å². The number of pyridine rings is 1. The number of aryl methyl sites for hydroxylation is 1. The number of aromatic nitrogens is 1. The van der Waals surface area contributed by atoms with Crippen molar-refractivity contribution in [1.29, 1.82) is 0 Å². The molecule has 1 heterocycles. The average Bonchev–Trinajstić information content (AvgIpc) is 2.42. The van der Waals surface area contributed by atoms with E-state index in [1.54, 1.807) is 6.20 Å². The number of nitrogens with one attached hydrogen (secondary N) is 1. The zero-order chi connectivity index (χ0) is 12.1. The first-order valence-electron chi connectivity index (χ1n) is 6.01. The third kappa shape index (κ3) is 2.71. The van der Waals surface area contributed by atoms with Crippen molar-refractivity contribution in [3.63, 3.8) is 0 Å². The number of hydrogen-bond donors (Lipinski definition) is 1. The van der Waals surface area contributed by atoms with E-state index in [0.29, 0.717) is 0 Å². The van der Waals surface area contributed by atoms with Crippen LogP contribution in [0.2, 0.25) is 0 Å². The molecule has 2 nitrogen and oxygen atoms in total. The zero-order valence-electron chi connectivity index (χ0n) is 10.4. The predicted molar refractivity (Wildman–Crippen MR) is 71.0 cm³/mol. The largest absolute Gasteiger partial charge is 0.309 e. The molecule has 2 rings (SSSR count). The van der Waals surface area contributed by atoms with Crippen LogP contribution in [0.5, 0.6) is 0 Å². The van der Waals surface area contributed by atoms with Gasteiger partial charge in [-0.2, -0.15) is 0 Å². The summed E-state index contributed by atoms with van der Waals surface area (Å²) >= 11 is 0. The van der Waals surface area contributed by atoms with Crippen LogP contribution in [0.4, 0.5) is 0 Å². The van der Waals surface area contributed by atoms with Crippen LogP contribution in [-0.4, -0.2) is 12.0 Å². The van der Waals surface area contributed by atoms with Gasteiger partial charge in [-0.05, 0) is 36.2 Å². The fourth-order valence-electron chi connectivity index (χ4n) is 2.02. The Morgan fingerprint density at radius 2 is 1.88 bits per heavy atom. The van der Waals surface area contributed by atoms with E-state index < -0.39 is 0 Å². The number of nitrogens with zero attached hydrogens (tertiary/aromatic N) is 1. The van der Waals surface area contributed by atoms with Gasteiger partial charge in [0.2, 0.25) is 0 Å². The van der Waals surface area contributed by atoms with E-state index >= 15 is 0 Å². The highest BCUT2D eigenvalue weighted by molar-refractivity contribution is 5.32. The second kappa shape index (κ2) is 5.60. The molecule has 0 bridgehead atoms. The fraction of sp³-hybridized carbons (Fsp3) is 0.267. The highest BCUT2D eigenvalue weighted by Crippen LogP contribution is 2.21. The van der Waals surface area contributed by atoms with Crippen LogP contribution in [-0.2, 0) is 6.42 Å². The summed E-state index contributed by atoms with van der Waals surface area (Å²) in [6, 6.07) is 13.0. The molecule has 88 valence electrons. The predicted octanol–water partition coefficient (Wildman–Crippen LogP) is 2.95. The first-order chi connectivity index (χ1) is 8.35. The van der Waals surface area contributed by atoms with Crippen LogP contribution in [0.1, 0.15) is 29.7 Å². The smallest absolute Gasteiger partial charge is 0.0589 e. The number of rotatable bonds is 4. The van der Waals surface area contributed by atoms with Crippen LogP contribution >= 0.6 is 0 Å². The van der Waals surface area contributed by atoms with E-state index in [2.05, 4.69) is 47.6 Å². The molecule has 1 aromatic heterocycles. The van der Waals surface area contributed by atoms with Crippen LogP contribution in [0.25, 0.3) is 0 Å². The van der Waals surface area contributed by atoms with Crippen molar-refractivity contribution in [2.75, 3.05) is 7.05 Å². The van der Waals surface area contributed by atoms with Crippen molar-refractivity contribution in [1.82, 2.24) is 10.3 Å². The minimum Gasteiger partial charge on any atom is -0.309 e. The Morgan fingerprint density at radius 3 is 2.41 bits per heavy atom. The van der Waals surface area contributed by atoms with Crippen molar-refractivity contribution in [3.05, 3.63) is 65.5 Å². The Morgan fingerprint density at radius 1 is 1.12 bits per heavy atom. The van der Waals surface area contributed by atoms with E-state index in [0.717, 1.165) is 6.42 Å². The summed E-state index contributed by atoms with van der Waals surface area (Å²) in [5.41, 5.74) is 3.84. The molecule has 0 radical (unpaired) electrons. The van der Waals surface area contributed by atoms with Crippen LogP contribution < -0.4 is 5.32 Å². The third-order valence-corrected chi connectivity index (χ3v) is 3.03. The molecular weight excluding hydrogens is 208 g/mol. The molecule has 0 spiro atoms. The van der Waals surface area contributed by atoms with E-state index in [1.165, 1.54) is 16.7 Å². The number of benzene rings is 1. The molecule has 1 atom stereocenters. The molecule has 2 aromatic rings. The molecule has 2 heteroatoms. The van der Waals surface area contributed by atoms with Gasteiger partial charge in [0.15, 0.2) is 0 Å². The standard InChI is InChI=1S/C15H18N2/c1-3-12-6-8-13(9-7-12)15(16-2)14-5-4-10-17-11-14/h4-11,15-16H,3H2,1-2H3. The summed E-state index contributed by atoms with van der Waals surface area (Å²) in [5, 5.41) is 3.33. The Kier molecular flexibility index (Phi) is 3.89. The molecule has 0 aliphatic heterocycles. The minimum absolute atomic E-state index is 0.217. The second-order valence-electron chi connectivity index (χ2n) is 4.10. The molecule has 0 aliphatic carbocycles. The van der Waals surface area contributed by atoms with Crippen molar-refractivity contribution in [3.8, 4) is 0 Å². The van der Waals surface area contributed by atoms with Crippen LogP contribution in [0.15, 0.2) is 48.8 Å². The highest BCUT2D eigenvalue weighted by atomic mass is 14.9. The SMILES string of the molecule is CCc1ccc(C(NC)c2cccnc2)cc1. The van der Waals surface area contributed by atoms with E-state index in [4.69, 9.17) is 0 Å². The van der Waals surface area contributed by atoms with Gasteiger partial charge in [-0.15, -0.1) is 0 Å². The Balaban J connectivity index is 2.29. The molecule has 0 amide bonds. The monoisotopic (exact) mass is 226 g/mol. The van der Waals surface area contributed by atoms with Gasteiger partial charge in [-0.3, -0.25) is 4.98 Å². The summed E-state index contributed by atoms with van der Waals surface area (Å²) in [4.78, 5) is 4.17. The van der Waals surface area contributed by atoms with Gasteiger partial charge in [-0.1, -0.05) is 37.3 Å². The average molecular weight is 226 g/mol. The molecule has 1 unspecified atom stereocenters. The van der Waals surface area contributed by atoms with Gasteiger partial charge < -0.3 is 5.32 Å². The highest BCUT2D eigenvalue weighted by Gasteiger charge is 2.11. The lowest BCUT2D eigenvalue weighted by Gasteiger charge is -2.17. The summed E-state index contributed by atoms with van der Waals surface area (Å²) in [6.45, 7) is 2.17. The summed E-state index contributed by atoms with van der Waals surface area (Å²) in [7, 11) is 1.98. The van der Waals surface area contributed by atoms with E-state index in [-0.39, 0.29) is 6.04 Å². The van der Waals surface area contributed by atoms with Crippen molar-refractivity contribution >= 4 is 0 Å². The maximum Gasteiger partial charge on any atom is 0.0589 e. The normalized spacial score (nSPS) is 12.4. The quantitative estimate of drug-likeness (QED) is 0.867. The maximum atomic E-state index is 4.17. The van der Waals surface area contributed by atoms with E-state index in [1.807, 2.05) is 19.3 Å². The molecular formula is C15H18N2. The molecule has 0 saturated heterocycles. The van der Waals surface area contributed by atoms with Gasteiger partial charge in [-0.25, -0.2) is 0 Å². The maximum absolute atomic E-state index is 4.17. The van der Waals surface area contributed by atoms with Gasteiger partial charge >= 0.3 is 0 Å². The van der Waals surface area contributed by atoms with Crippen molar-refractivity contribution < 1.29 is 0 Å². The number of hydrogen-bond acceptors (Lipinski definition) is 2. The first kappa shape index (κ1) is 11.8. The first-order valence-corrected chi connectivity index (χ1v) is 6.01. The van der Waals surface area contributed by atoms with Gasteiger partial charge in [0, 0.05) is 12.4 Å². The van der Waals surface area contributed by atoms with Crippen molar-refractivity contribution in [2.24, 2.45) is 0 Å². The summed E-state index contributed by atoms with van der Waals surface area (Å²) in [6.07, 6.45) is 4.79. The Bertz CT molecular complexity index is 448. The zero-order valence-corrected chi connectivity index (χ0v) is 10.4. The Labute approximate surface area is 103 Å². The summed E-state index contributed by atoms with van der Waals surface area (Å²) < 4.78 is 0. The van der Waals surface area contributed by atoms with Crippen LogP contribution in [0, 0.1) is 0 Å². The van der Waals surface area contributed by atoms with E-state index in [9.17, 15) is 0 Å². The topological polar surface area (TPSA) is 24.9 Å². The Hall–Kier alpha value is -1.67. The summed E-state index contributed by atoms with van der Waals surface area (Å²) in [5.74, 6) is 0. The van der Waals surface area contributed by atoms with Gasteiger partial charge in [0.25, 0.3) is 0 Å². The molecule has 0 aliphatic rings. The lowest BCUT2D eigenvalue weighted by Crippen LogP contribution is -2.17. The fourth-order valence-corrected chi connectivity index (χ4v) is 2.02. The lowest BCUT2D eigenvalue weighted by molar-refractivity contribution is 0.688.